The summed E-state index contributed by atoms with van der Waals surface area (Å²) < 4.78 is 10.8. The van der Waals surface area contributed by atoms with Gasteiger partial charge >= 0.3 is 0 Å². The molecule has 0 N–H and O–H groups in total. The summed E-state index contributed by atoms with van der Waals surface area (Å²) in [7, 11) is 1.60. The first-order valence-electron chi connectivity index (χ1n) is 7.78. The number of ketones is 1. The lowest BCUT2D eigenvalue weighted by molar-refractivity contribution is 0.102. The number of aromatic nitrogens is 2. The van der Waals surface area contributed by atoms with Crippen molar-refractivity contribution in [2.75, 3.05) is 12.9 Å². The van der Waals surface area contributed by atoms with E-state index >= 15 is 0 Å². The number of rotatable bonds is 6. The second-order valence-electron chi connectivity index (χ2n) is 5.64. The average molecular weight is 354 g/mol. The van der Waals surface area contributed by atoms with E-state index in [1.54, 1.807) is 7.11 Å². The third-order valence-corrected chi connectivity index (χ3v) is 4.56. The summed E-state index contributed by atoms with van der Waals surface area (Å²) in [6.45, 7) is 3.91. The van der Waals surface area contributed by atoms with Gasteiger partial charge in [0.05, 0.1) is 12.9 Å². The Morgan fingerprint density at radius 1 is 1.16 bits per heavy atom. The zero-order valence-electron chi connectivity index (χ0n) is 14.3. The first-order valence-corrected chi connectivity index (χ1v) is 8.76. The Bertz CT molecular complexity index is 905. The first kappa shape index (κ1) is 17.2. The Balaban J connectivity index is 1.69. The molecule has 0 amide bonds. The standard InChI is InChI=1S/C19H18N2O3S/c1-12-7-8-13(2)16(9-12)17(22)11-25-19-21-20-18(24-19)14-5-4-6-15(10-14)23-3/h4-10H,11H2,1-3H3. The van der Waals surface area contributed by atoms with Gasteiger partial charge in [-0.2, -0.15) is 0 Å². The van der Waals surface area contributed by atoms with Crippen molar-refractivity contribution in [1.82, 2.24) is 10.2 Å². The molecular formula is C19H18N2O3S. The van der Waals surface area contributed by atoms with Crippen LogP contribution >= 0.6 is 11.8 Å². The highest BCUT2D eigenvalue weighted by molar-refractivity contribution is 7.99. The van der Waals surface area contributed by atoms with Crippen molar-refractivity contribution in [2.45, 2.75) is 19.1 Å². The minimum atomic E-state index is 0.0485. The van der Waals surface area contributed by atoms with E-state index < -0.39 is 0 Å². The van der Waals surface area contributed by atoms with Crippen LogP contribution in [0.5, 0.6) is 5.75 Å². The van der Waals surface area contributed by atoms with Gasteiger partial charge in [0.15, 0.2) is 5.78 Å². The molecule has 25 heavy (non-hydrogen) atoms. The minimum absolute atomic E-state index is 0.0485. The van der Waals surface area contributed by atoms with E-state index in [1.807, 2.05) is 56.3 Å². The maximum Gasteiger partial charge on any atom is 0.277 e. The van der Waals surface area contributed by atoms with Gasteiger partial charge in [0, 0.05) is 11.1 Å². The average Bonchev–Trinajstić information content (AvgIpc) is 3.11. The Kier molecular flexibility index (Phi) is 5.19. The molecule has 0 aliphatic heterocycles. The van der Waals surface area contributed by atoms with Crippen LogP contribution in [0, 0.1) is 13.8 Å². The van der Waals surface area contributed by atoms with Gasteiger partial charge in [0.25, 0.3) is 5.22 Å². The molecule has 0 bridgehead atoms. The number of nitrogens with zero attached hydrogens (tertiary/aromatic N) is 2. The maximum atomic E-state index is 12.4. The summed E-state index contributed by atoms with van der Waals surface area (Å²) in [5, 5.41) is 8.42. The van der Waals surface area contributed by atoms with E-state index in [0.717, 1.165) is 28.0 Å². The number of methoxy groups -OCH3 is 1. The highest BCUT2D eigenvalue weighted by Crippen LogP contribution is 2.26. The van der Waals surface area contributed by atoms with Crippen molar-refractivity contribution in [3.63, 3.8) is 0 Å². The van der Waals surface area contributed by atoms with Gasteiger partial charge in [-0.1, -0.05) is 35.5 Å². The summed E-state index contributed by atoms with van der Waals surface area (Å²) in [6.07, 6.45) is 0. The second kappa shape index (κ2) is 7.53. The van der Waals surface area contributed by atoms with Crippen molar-refractivity contribution in [3.05, 3.63) is 59.2 Å². The van der Waals surface area contributed by atoms with Crippen molar-refractivity contribution in [1.29, 1.82) is 0 Å². The third kappa shape index (κ3) is 4.09. The topological polar surface area (TPSA) is 65.2 Å². The molecule has 0 saturated carbocycles. The van der Waals surface area contributed by atoms with E-state index in [2.05, 4.69) is 10.2 Å². The second-order valence-corrected chi connectivity index (χ2v) is 6.56. The van der Waals surface area contributed by atoms with E-state index in [4.69, 9.17) is 9.15 Å². The maximum absolute atomic E-state index is 12.4. The van der Waals surface area contributed by atoms with Gasteiger partial charge in [-0.05, 0) is 43.7 Å². The molecule has 1 aromatic heterocycles. The molecule has 0 unspecified atom stereocenters. The van der Waals surface area contributed by atoms with Gasteiger partial charge < -0.3 is 9.15 Å². The Hall–Kier alpha value is -2.60. The molecule has 6 heteroatoms. The lowest BCUT2D eigenvalue weighted by Crippen LogP contribution is -2.05. The van der Waals surface area contributed by atoms with Crippen LogP contribution in [0.3, 0.4) is 0 Å². The molecule has 0 radical (unpaired) electrons. The molecule has 0 aliphatic carbocycles. The van der Waals surface area contributed by atoms with E-state index in [-0.39, 0.29) is 11.5 Å². The normalized spacial score (nSPS) is 10.7. The lowest BCUT2D eigenvalue weighted by atomic mass is 10.0. The molecule has 2 aromatic carbocycles. The fourth-order valence-electron chi connectivity index (χ4n) is 2.38. The molecule has 0 saturated heterocycles. The predicted molar refractivity (Wildman–Crippen MR) is 97.3 cm³/mol. The molecule has 0 spiro atoms. The largest absolute Gasteiger partial charge is 0.497 e. The highest BCUT2D eigenvalue weighted by Gasteiger charge is 2.14. The van der Waals surface area contributed by atoms with E-state index in [9.17, 15) is 4.79 Å². The van der Waals surface area contributed by atoms with Crippen molar-refractivity contribution in [3.8, 4) is 17.2 Å². The zero-order valence-corrected chi connectivity index (χ0v) is 15.1. The van der Waals surface area contributed by atoms with Crippen LogP contribution in [0.25, 0.3) is 11.5 Å². The molecule has 1 heterocycles. The van der Waals surface area contributed by atoms with Crippen LogP contribution in [0.4, 0.5) is 0 Å². The van der Waals surface area contributed by atoms with Crippen LogP contribution < -0.4 is 4.74 Å². The van der Waals surface area contributed by atoms with Gasteiger partial charge in [-0.3, -0.25) is 4.79 Å². The Morgan fingerprint density at radius 2 is 2.00 bits per heavy atom. The van der Waals surface area contributed by atoms with Crippen LogP contribution in [-0.2, 0) is 0 Å². The van der Waals surface area contributed by atoms with Gasteiger partial charge in [0.2, 0.25) is 5.89 Å². The number of carbonyl (C=O) groups is 1. The van der Waals surface area contributed by atoms with Crippen molar-refractivity contribution in [2.24, 2.45) is 0 Å². The van der Waals surface area contributed by atoms with Gasteiger partial charge in [-0.15, -0.1) is 10.2 Å². The molecule has 5 nitrogen and oxygen atoms in total. The van der Waals surface area contributed by atoms with E-state index in [1.165, 1.54) is 11.8 Å². The Morgan fingerprint density at radius 3 is 2.80 bits per heavy atom. The van der Waals surface area contributed by atoms with Crippen molar-refractivity contribution < 1.29 is 13.9 Å². The molecule has 0 fully saturated rings. The fraction of sp³-hybridized carbons (Fsp3) is 0.211. The Labute approximate surface area is 150 Å². The molecule has 0 atom stereocenters. The number of benzene rings is 2. The number of Topliss-reactive ketones (excluding diaryl/α,β-unsaturated/α-hetero) is 1. The third-order valence-electron chi connectivity index (χ3n) is 3.74. The number of hydrogen-bond acceptors (Lipinski definition) is 6. The summed E-state index contributed by atoms with van der Waals surface area (Å²) in [6, 6.07) is 13.3. The minimum Gasteiger partial charge on any atom is -0.497 e. The summed E-state index contributed by atoms with van der Waals surface area (Å²) in [5.41, 5.74) is 3.55. The first-order chi connectivity index (χ1) is 12.1. The molecule has 128 valence electrons. The fourth-order valence-corrected chi connectivity index (χ4v) is 3.03. The molecule has 0 aliphatic rings. The number of aryl methyl sites for hydroxylation is 2. The van der Waals surface area contributed by atoms with Crippen LogP contribution in [0.2, 0.25) is 0 Å². The van der Waals surface area contributed by atoms with Crippen LogP contribution in [0.1, 0.15) is 21.5 Å². The van der Waals surface area contributed by atoms with Crippen molar-refractivity contribution >= 4 is 17.5 Å². The highest BCUT2D eigenvalue weighted by atomic mass is 32.2. The zero-order chi connectivity index (χ0) is 17.8. The molecule has 3 rings (SSSR count). The summed E-state index contributed by atoms with van der Waals surface area (Å²) >= 11 is 1.24. The number of carbonyl (C=O) groups excluding carboxylic acids is 1. The van der Waals surface area contributed by atoms with Crippen LogP contribution in [-0.4, -0.2) is 28.8 Å². The smallest absolute Gasteiger partial charge is 0.277 e. The monoisotopic (exact) mass is 354 g/mol. The summed E-state index contributed by atoms with van der Waals surface area (Å²) in [5.74, 6) is 1.42. The lowest BCUT2D eigenvalue weighted by Gasteiger charge is -2.05. The summed E-state index contributed by atoms with van der Waals surface area (Å²) in [4.78, 5) is 12.4. The number of ether oxygens (including phenoxy) is 1. The SMILES string of the molecule is COc1cccc(-c2nnc(SCC(=O)c3cc(C)ccc3C)o2)c1. The van der Waals surface area contributed by atoms with Gasteiger partial charge in [0.1, 0.15) is 5.75 Å². The molecule has 3 aromatic rings. The molecular weight excluding hydrogens is 336 g/mol. The quantitative estimate of drug-likeness (QED) is 0.485. The van der Waals surface area contributed by atoms with Crippen LogP contribution in [0.15, 0.2) is 52.1 Å². The van der Waals surface area contributed by atoms with E-state index in [0.29, 0.717) is 11.1 Å². The number of thioether (sulfide) groups is 1. The van der Waals surface area contributed by atoms with Gasteiger partial charge in [-0.25, -0.2) is 0 Å². The predicted octanol–water partition coefficient (Wildman–Crippen LogP) is 4.34. The number of hydrogen-bond donors (Lipinski definition) is 0.